The molecule has 0 fully saturated rings. The molecule has 3 nitrogen and oxygen atoms in total. The van der Waals surface area contributed by atoms with Gasteiger partial charge in [-0.1, -0.05) is 13.0 Å². The summed E-state index contributed by atoms with van der Waals surface area (Å²) in [6, 6.07) is 6.29. The van der Waals surface area contributed by atoms with Crippen LogP contribution in [-0.4, -0.2) is 32.9 Å². The van der Waals surface area contributed by atoms with Crippen LogP contribution >= 0.6 is 0 Å². The van der Waals surface area contributed by atoms with Gasteiger partial charge in [0.1, 0.15) is 5.75 Å². The third-order valence-corrected chi connectivity index (χ3v) is 2.57. The molecule has 0 saturated heterocycles. The minimum atomic E-state index is 0.712. The van der Waals surface area contributed by atoms with Gasteiger partial charge < -0.3 is 14.8 Å². The van der Waals surface area contributed by atoms with Gasteiger partial charge in [-0.25, -0.2) is 0 Å². The summed E-state index contributed by atoms with van der Waals surface area (Å²) < 4.78 is 11.2. The number of ether oxygens (including phenoxy) is 2. The summed E-state index contributed by atoms with van der Waals surface area (Å²) in [5.74, 6) is 0.958. The van der Waals surface area contributed by atoms with Crippen LogP contribution in [0.4, 0.5) is 0 Å². The van der Waals surface area contributed by atoms with E-state index in [0.29, 0.717) is 6.61 Å². The minimum Gasteiger partial charge on any atom is -0.493 e. The molecule has 1 aromatic rings. The van der Waals surface area contributed by atoms with Crippen molar-refractivity contribution in [1.82, 2.24) is 5.32 Å². The lowest BCUT2D eigenvalue weighted by atomic mass is 10.1. The second-order valence-corrected chi connectivity index (χ2v) is 4.49. The van der Waals surface area contributed by atoms with Gasteiger partial charge in [-0.3, -0.25) is 0 Å². The number of hydrogen-bond donors (Lipinski definition) is 1. The lowest BCUT2D eigenvalue weighted by Crippen LogP contribution is -2.19. The summed E-state index contributed by atoms with van der Waals surface area (Å²) in [5.41, 5.74) is 2.48. The fourth-order valence-corrected chi connectivity index (χ4v) is 1.79. The molecule has 0 atom stereocenters. The first-order valence-corrected chi connectivity index (χ1v) is 6.72. The summed E-state index contributed by atoms with van der Waals surface area (Å²) in [7, 11) is 0. The van der Waals surface area contributed by atoms with Crippen molar-refractivity contribution in [2.24, 2.45) is 0 Å². The fraction of sp³-hybridized carbons (Fsp3) is 0.600. The Balaban J connectivity index is 2.07. The monoisotopic (exact) mass is 251 g/mol. The van der Waals surface area contributed by atoms with Crippen LogP contribution in [0.3, 0.4) is 0 Å². The van der Waals surface area contributed by atoms with Crippen molar-refractivity contribution in [2.75, 3.05) is 32.9 Å². The van der Waals surface area contributed by atoms with Crippen LogP contribution in [0.15, 0.2) is 18.2 Å². The highest BCUT2D eigenvalue weighted by Gasteiger charge is 1.97. The van der Waals surface area contributed by atoms with Crippen molar-refractivity contribution >= 4 is 0 Å². The Morgan fingerprint density at radius 3 is 2.39 bits per heavy atom. The summed E-state index contributed by atoms with van der Waals surface area (Å²) in [5, 5.41) is 3.22. The fourth-order valence-electron chi connectivity index (χ4n) is 1.79. The molecule has 18 heavy (non-hydrogen) atoms. The van der Waals surface area contributed by atoms with Gasteiger partial charge in [0, 0.05) is 19.6 Å². The molecule has 1 N–H and O–H groups in total. The average molecular weight is 251 g/mol. The first-order valence-electron chi connectivity index (χ1n) is 6.72. The predicted molar refractivity (Wildman–Crippen MR) is 75.4 cm³/mol. The molecule has 102 valence electrons. The molecule has 0 aromatic heterocycles. The lowest BCUT2D eigenvalue weighted by Gasteiger charge is -2.08. The van der Waals surface area contributed by atoms with Gasteiger partial charge in [0.25, 0.3) is 0 Å². The maximum Gasteiger partial charge on any atom is 0.119 e. The van der Waals surface area contributed by atoms with E-state index < -0.39 is 0 Å². The number of nitrogens with one attached hydrogen (secondary N) is 1. The zero-order valence-corrected chi connectivity index (χ0v) is 11.8. The molecule has 0 bridgehead atoms. The molecule has 1 rings (SSSR count). The Labute approximate surface area is 110 Å². The van der Waals surface area contributed by atoms with E-state index in [-0.39, 0.29) is 0 Å². The second-order valence-electron chi connectivity index (χ2n) is 4.49. The molecule has 0 heterocycles. The Kier molecular flexibility index (Phi) is 7.46. The van der Waals surface area contributed by atoms with Crippen LogP contribution in [0.1, 0.15) is 24.5 Å². The molecule has 0 radical (unpaired) electrons. The SMILES string of the molecule is CCNCCOCCCOc1cc(C)cc(C)c1. The van der Waals surface area contributed by atoms with Gasteiger partial charge in [-0.05, 0) is 43.7 Å². The number of hydrogen-bond acceptors (Lipinski definition) is 3. The van der Waals surface area contributed by atoms with Crippen molar-refractivity contribution in [3.8, 4) is 5.75 Å². The van der Waals surface area contributed by atoms with Gasteiger partial charge in [0.15, 0.2) is 0 Å². The molecular weight excluding hydrogens is 226 g/mol. The Bertz CT molecular complexity index is 319. The van der Waals surface area contributed by atoms with Crippen LogP contribution in [-0.2, 0) is 4.74 Å². The Hall–Kier alpha value is -1.06. The van der Waals surface area contributed by atoms with Gasteiger partial charge in [-0.2, -0.15) is 0 Å². The Morgan fingerprint density at radius 1 is 1.00 bits per heavy atom. The smallest absolute Gasteiger partial charge is 0.119 e. The lowest BCUT2D eigenvalue weighted by molar-refractivity contribution is 0.121. The molecule has 0 aliphatic carbocycles. The zero-order valence-electron chi connectivity index (χ0n) is 11.8. The van der Waals surface area contributed by atoms with E-state index in [4.69, 9.17) is 9.47 Å². The second kappa shape index (κ2) is 8.95. The van der Waals surface area contributed by atoms with Crippen LogP contribution in [0.2, 0.25) is 0 Å². The highest BCUT2D eigenvalue weighted by Crippen LogP contribution is 2.16. The van der Waals surface area contributed by atoms with Crippen LogP contribution < -0.4 is 10.1 Å². The number of rotatable bonds is 9. The maximum atomic E-state index is 5.70. The van der Waals surface area contributed by atoms with E-state index in [1.54, 1.807) is 0 Å². The highest BCUT2D eigenvalue weighted by atomic mass is 16.5. The van der Waals surface area contributed by atoms with E-state index in [0.717, 1.165) is 38.5 Å². The maximum absolute atomic E-state index is 5.70. The topological polar surface area (TPSA) is 30.5 Å². The quantitative estimate of drug-likeness (QED) is 0.685. The number of benzene rings is 1. The van der Waals surface area contributed by atoms with E-state index in [1.807, 2.05) is 0 Å². The van der Waals surface area contributed by atoms with Crippen molar-refractivity contribution in [3.05, 3.63) is 29.3 Å². The third-order valence-electron chi connectivity index (χ3n) is 2.57. The van der Waals surface area contributed by atoms with Crippen molar-refractivity contribution in [2.45, 2.75) is 27.2 Å². The van der Waals surface area contributed by atoms with E-state index in [1.165, 1.54) is 11.1 Å². The Morgan fingerprint density at radius 2 is 1.72 bits per heavy atom. The van der Waals surface area contributed by atoms with Crippen molar-refractivity contribution in [3.63, 3.8) is 0 Å². The normalized spacial score (nSPS) is 10.6. The van der Waals surface area contributed by atoms with Crippen LogP contribution in [0, 0.1) is 13.8 Å². The highest BCUT2D eigenvalue weighted by molar-refractivity contribution is 5.32. The van der Waals surface area contributed by atoms with E-state index in [2.05, 4.69) is 44.3 Å². The van der Waals surface area contributed by atoms with E-state index in [9.17, 15) is 0 Å². The number of aryl methyl sites for hydroxylation is 2. The summed E-state index contributed by atoms with van der Waals surface area (Å²) in [6.45, 7) is 10.4. The first-order chi connectivity index (χ1) is 8.72. The summed E-state index contributed by atoms with van der Waals surface area (Å²) in [6.07, 6.45) is 0.930. The molecule has 0 unspecified atom stereocenters. The molecule has 0 aliphatic rings. The largest absolute Gasteiger partial charge is 0.493 e. The van der Waals surface area contributed by atoms with Crippen LogP contribution in [0.25, 0.3) is 0 Å². The standard InChI is InChI=1S/C15H25NO2/c1-4-16-6-9-17-7-5-8-18-15-11-13(2)10-14(3)12-15/h10-12,16H,4-9H2,1-3H3. The summed E-state index contributed by atoms with van der Waals surface area (Å²) >= 11 is 0. The first kappa shape index (κ1) is 15.0. The molecule has 3 heteroatoms. The third kappa shape index (κ3) is 6.62. The molecule has 0 saturated carbocycles. The van der Waals surface area contributed by atoms with Crippen molar-refractivity contribution in [1.29, 1.82) is 0 Å². The predicted octanol–water partition coefficient (Wildman–Crippen LogP) is 2.70. The molecule has 0 spiro atoms. The molecular formula is C15H25NO2. The minimum absolute atomic E-state index is 0.712. The van der Waals surface area contributed by atoms with Gasteiger partial charge in [0.2, 0.25) is 0 Å². The molecule has 1 aromatic carbocycles. The average Bonchev–Trinajstić information content (AvgIpc) is 2.31. The molecule has 0 amide bonds. The summed E-state index contributed by atoms with van der Waals surface area (Å²) in [4.78, 5) is 0. The van der Waals surface area contributed by atoms with E-state index >= 15 is 0 Å². The molecule has 0 aliphatic heterocycles. The number of likely N-dealkylation sites (N-methyl/N-ethyl adjacent to an activating group) is 1. The van der Waals surface area contributed by atoms with Gasteiger partial charge in [0.05, 0.1) is 13.2 Å². The van der Waals surface area contributed by atoms with Crippen molar-refractivity contribution < 1.29 is 9.47 Å². The van der Waals surface area contributed by atoms with Crippen LogP contribution in [0.5, 0.6) is 5.75 Å². The zero-order chi connectivity index (χ0) is 13.2. The van der Waals surface area contributed by atoms with Gasteiger partial charge >= 0.3 is 0 Å². The van der Waals surface area contributed by atoms with Gasteiger partial charge in [-0.15, -0.1) is 0 Å².